The maximum absolute atomic E-state index is 12.0. The average Bonchev–Trinajstić information content (AvgIpc) is 2.51. The highest BCUT2D eigenvalue weighted by Crippen LogP contribution is 2.18. The van der Waals surface area contributed by atoms with Gasteiger partial charge < -0.3 is 10.2 Å². The van der Waals surface area contributed by atoms with E-state index < -0.39 is 0 Å². The lowest BCUT2D eigenvalue weighted by molar-refractivity contribution is 0.102. The first-order valence-corrected chi connectivity index (χ1v) is 7.17. The summed E-state index contributed by atoms with van der Waals surface area (Å²) < 4.78 is 0. The van der Waals surface area contributed by atoms with Crippen LogP contribution in [0.1, 0.15) is 24.3 Å². The fourth-order valence-electron chi connectivity index (χ4n) is 1.98. The minimum Gasteiger partial charge on any atom is -0.372 e. The van der Waals surface area contributed by atoms with Crippen molar-refractivity contribution in [2.45, 2.75) is 13.8 Å². The zero-order valence-electron chi connectivity index (χ0n) is 12.0. The van der Waals surface area contributed by atoms with Crippen LogP contribution in [0.2, 0.25) is 5.15 Å². The van der Waals surface area contributed by atoms with E-state index >= 15 is 0 Å². The number of anilines is 2. The molecule has 0 saturated heterocycles. The van der Waals surface area contributed by atoms with Gasteiger partial charge in [-0.15, -0.1) is 10.2 Å². The first-order chi connectivity index (χ1) is 10.1. The van der Waals surface area contributed by atoms with Gasteiger partial charge in [-0.05, 0) is 50.2 Å². The number of hydrogen-bond donors (Lipinski definition) is 1. The minimum absolute atomic E-state index is 0.229. The van der Waals surface area contributed by atoms with E-state index in [1.54, 1.807) is 0 Å². The van der Waals surface area contributed by atoms with Crippen molar-refractivity contribution in [3.8, 4) is 0 Å². The van der Waals surface area contributed by atoms with Crippen LogP contribution in [0.5, 0.6) is 0 Å². The molecule has 1 aromatic carbocycles. The number of aromatic nitrogens is 2. The third kappa shape index (κ3) is 3.92. The van der Waals surface area contributed by atoms with Gasteiger partial charge in [0, 0.05) is 24.5 Å². The van der Waals surface area contributed by atoms with Crippen LogP contribution in [0.25, 0.3) is 0 Å². The van der Waals surface area contributed by atoms with Gasteiger partial charge in [-0.2, -0.15) is 0 Å². The Kier molecular flexibility index (Phi) is 5.11. The highest BCUT2D eigenvalue weighted by atomic mass is 35.5. The van der Waals surface area contributed by atoms with Crippen LogP contribution in [0.3, 0.4) is 0 Å². The molecule has 1 heterocycles. The fraction of sp³-hybridized carbons (Fsp3) is 0.267. The van der Waals surface area contributed by atoms with Gasteiger partial charge in [0.05, 0.1) is 0 Å². The predicted molar refractivity (Wildman–Crippen MR) is 85.0 cm³/mol. The number of nitrogens with zero attached hydrogens (tertiary/aromatic N) is 3. The molecule has 0 aliphatic rings. The molecule has 0 radical (unpaired) electrons. The number of rotatable bonds is 5. The molecular weight excluding hydrogens is 288 g/mol. The van der Waals surface area contributed by atoms with Crippen molar-refractivity contribution >= 4 is 28.9 Å². The Labute approximate surface area is 128 Å². The first-order valence-electron chi connectivity index (χ1n) is 6.79. The Hall–Kier alpha value is -2.14. The van der Waals surface area contributed by atoms with Crippen molar-refractivity contribution in [2.24, 2.45) is 0 Å². The van der Waals surface area contributed by atoms with Crippen molar-refractivity contribution in [1.82, 2.24) is 10.2 Å². The molecule has 1 aromatic heterocycles. The van der Waals surface area contributed by atoms with Gasteiger partial charge in [0.25, 0.3) is 5.91 Å². The molecule has 2 rings (SSSR count). The quantitative estimate of drug-likeness (QED) is 0.921. The highest BCUT2D eigenvalue weighted by molar-refractivity contribution is 6.29. The lowest BCUT2D eigenvalue weighted by Gasteiger charge is -2.21. The van der Waals surface area contributed by atoms with Gasteiger partial charge in [0.2, 0.25) is 0 Å². The SMILES string of the molecule is CCN(CC)c1ccc(NC(=O)c2ccc(Cl)nn2)cc1. The van der Waals surface area contributed by atoms with E-state index in [9.17, 15) is 4.79 Å². The summed E-state index contributed by atoms with van der Waals surface area (Å²) in [6.07, 6.45) is 0. The van der Waals surface area contributed by atoms with Crippen molar-refractivity contribution < 1.29 is 4.79 Å². The summed E-state index contributed by atoms with van der Waals surface area (Å²) in [6, 6.07) is 10.8. The molecule has 5 nitrogen and oxygen atoms in total. The van der Waals surface area contributed by atoms with Crippen LogP contribution >= 0.6 is 11.6 Å². The number of carbonyl (C=O) groups is 1. The monoisotopic (exact) mass is 304 g/mol. The minimum atomic E-state index is -0.310. The van der Waals surface area contributed by atoms with E-state index in [0.29, 0.717) is 5.69 Å². The molecular formula is C15H17ClN4O. The van der Waals surface area contributed by atoms with Gasteiger partial charge >= 0.3 is 0 Å². The van der Waals surface area contributed by atoms with E-state index in [-0.39, 0.29) is 16.8 Å². The Morgan fingerprint density at radius 2 is 1.76 bits per heavy atom. The lowest BCUT2D eigenvalue weighted by Crippen LogP contribution is -2.21. The molecule has 0 spiro atoms. The summed E-state index contributed by atoms with van der Waals surface area (Å²) in [4.78, 5) is 14.2. The lowest BCUT2D eigenvalue weighted by atomic mass is 10.2. The Balaban J connectivity index is 2.06. The van der Waals surface area contributed by atoms with Crippen molar-refractivity contribution in [3.05, 3.63) is 47.2 Å². The average molecular weight is 305 g/mol. The second-order valence-electron chi connectivity index (χ2n) is 4.41. The fourth-order valence-corrected chi connectivity index (χ4v) is 2.08. The summed E-state index contributed by atoms with van der Waals surface area (Å²) in [5.41, 5.74) is 2.07. The molecule has 6 heteroatoms. The van der Waals surface area contributed by atoms with Crippen LogP contribution in [-0.2, 0) is 0 Å². The summed E-state index contributed by atoms with van der Waals surface area (Å²) in [6.45, 7) is 6.11. The second-order valence-corrected chi connectivity index (χ2v) is 4.80. The van der Waals surface area contributed by atoms with Gasteiger partial charge in [0.15, 0.2) is 10.8 Å². The van der Waals surface area contributed by atoms with Crippen molar-refractivity contribution in [3.63, 3.8) is 0 Å². The Morgan fingerprint density at radius 1 is 1.10 bits per heavy atom. The van der Waals surface area contributed by atoms with Crippen LogP contribution in [-0.4, -0.2) is 29.2 Å². The van der Waals surface area contributed by atoms with E-state index in [1.807, 2.05) is 24.3 Å². The molecule has 110 valence electrons. The van der Waals surface area contributed by atoms with Crippen LogP contribution in [0.4, 0.5) is 11.4 Å². The topological polar surface area (TPSA) is 58.1 Å². The Bertz CT molecular complexity index is 594. The molecule has 0 unspecified atom stereocenters. The normalized spacial score (nSPS) is 10.2. The molecule has 0 saturated carbocycles. The smallest absolute Gasteiger partial charge is 0.276 e. The van der Waals surface area contributed by atoms with Gasteiger partial charge in [-0.25, -0.2) is 0 Å². The zero-order chi connectivity index (χ0) is 15.2. The van der Waals surface area contributed by atoms with Crippen molar-refractivity contribution in [1.29, 1.82) is 0 Å². The summed E-state index contributed by atoms with van der Waals surface area (Å²) >= 11 is 5.64. The van der Waals surface area contributed by atoms with Gasteiger partial charge in [0.1, 0.15) is 0 Å². The van der Waals surface area contributed by atoms with Gasteiger partial charge in [-0.3, -0.25) is 4.79 Å². The molecule has 0 aliphatic carbocycles. The summed E-state index contributed by atoms with van der Waals surface area (Å²) in [5.74, 6) is -0.310. The molecule has 2 aromatic rings. The highest BCUT2D eigenvalue weighted by Gasteiger charge is 2.09. The third-order valence-corrected chi connectivity index (χ3v) is 3.32. The number of carbonyl (C=O) groups excluding carboxylic acids is 1. The third-order valence-electron chi connectivity index (χ3n) is 3.12. The summed E-state index contributed by atoms with van der Waals surface area (Å²) in [5, 5.41) is 10.4. The number of nitrogens with one attached hydrogen (secondary N) is 1. The van der Waals surface area contributed by atoms with E-state index in [4.69, 9.17) is 11.6 Å². The van der Waals surface area contributed by atoms with Gasteiger partial charge in [-0.1, -0.05) is 11.6 Å². The van der Waals surface area contributed by atoms with Crippen LogP contribution in [0.15, 0.2) is 36.4 Å². The second kappa shape index (κ2) is 7.04. The number of amides is 1. The number of halogens is 1. The molecule has 0 bridgehead atoms. The molecule has 1 N–H and O–H groups in total. The summed E-state index contributed by atoms with van der Waals surface area (Å²) in [7, 11) is 0. The molecule has 0 aliphatic heterocycles. The zero-order valence-corrected chi connectivity index (χ0v) is 12.8. The molecule has 1 amide bonds. The van der Waals surface area contributed by atoms with Crippen LogP contribution < -0.4 is 10.2 Å². The molecule has 0 atom stereocenters. The largest absolute Gasteiger partial charge is 0.372 e. The number of hydrogen-bond acceptors (Lipinski definition) is 4. The maximum Gasteiger partial charge on any atom is 0.276 e. The van der Waals surface area contributed by atoms with E-state index in [0.717, 1.165) is 18.8 Å². The van der Waals surface area contributed by atoms with Crippen LogP contribution in [0, 0.1) is 0 Å². The predicted octanol–water partition coefficient (Wildman–Crippen LogP) is 3.23. The molecule has 21 heavy (non-hydrogen) atoms. The first kappa shape index (κ1) is 15.3. The maximum atomic E-state index is 12.0. The van der Waals surface area contributed by atoms with E-state index in [2.05, 4.69) is 34.3 Å². The Morgan fingerprint density at radius 3 is 2.29 bits per heavy atom. The van der Waals surface area contributed by atoms with Crippen molar-refractivity contribution in [2.75, 3.05) is 23.3 Å². The standard InChI is InChI=1S/C15H17ClN4O/c1-3-20(4-2)12-7-5-11(6-8-12)17-15(21)13-9-10-14(16)19-18-13/h5-10H,3-4H2,1-2H3,(H,17,21). The number of benzene rings is 1. The molecule has 0 fully saturated rings. The van der Waals surface area contributed by atoms with E-state index in [1.165, 1.54) is 12.1 Å².